The van der Waals surface area contributed by atoms with E-state index in [2.05, 4.69) is 5.32 Å². The Bertz CT molecular complexity index is 333. The molecule has 0 saturated heterocycles. The second kappa shape index (κ2) is 5.10. The molecule has 0 aliphatic heterocycles. The molecule has 0 fully saturated rings. The van der Waals surface area contributed by atoms with Crippen LogP contribution in [0.2, 0.25) is 0 Å². The molecular formula is C10H12N2O2. The minimum Gasteiger partial charge on any atom is -0.497 e. The zero-order chi connectivity index (χ0) is 10.4. The number of ether oxygens (including phenoxy) is 1. The van der Waals surface area contributed by atoms with Crippen molar-refractivity contribution in [2.75, 3.05) is 19.0 Å². The summed E-state index contributed by atoms with van der Waals surface area (Å²) < 4.78 is 5.02. The molecule has 1 atom stereocenters. The summed E-state index contributed by atoms with van der Waals surface area (Å²) in [5, 5.41) is 20.3. The van der Waals surface area contributed by atoms with Crippen molar-refractivity contribution < 1.29 is 9.84 Å². The van der Waals surface area contributed by atoms with Crippen LogP contribution < -0.4 is 10.1 Å². The highest BCUT2D eigenvalue weighted by Gasteiger charge is 2.04. The maximum Gasteiger partial charge on any atom is 0.137 e. The number of rotatable bonds is 4. The lowest BCUT2D eigenvalue weighted by Crippen LogP contribution is -2.21. The van der Waals surface area contributed by atoms with Gasteiger partial charge < -0.3 is 15.2 Å². The molecule has 1 aromatic rings. The number of anilines is 1. The van der Waals surface area contributed by atoms with E-state index in [1.54, 1.807) is 13.2 Å². The van der Waals surface area contributed by atoms with Crippen LogP contribution in [0.1, 0.15) is 0 Å². The van der Waals surface area contributed by atoms with E-state index in [1.165, 1.54) is 0 Å². The molecule has 4 heteroatoms. The first-order valence-corrected chi connectivity index (χ1v) is 4.21. The minimum atomic E-state index is -0.581. The summed E-state index contributed by atoms with van der Waals surface area (Å²) in [5.41, 5.74) is 0.755. The van der Waals surface area contributed by atoms with Gasteiger partial charge in [-0.15, -0.1) is 0 Å². The summed E-state index contributed by atoms with van der Waals surface area (Å²) in [4.78, 5) is 0. The van der Waals surface area contributed by atoms with Crippen LogP contribution in [0.25, 0.3) is 0 Å². The molecule has 0 aliphatic rings. The molecule has 0 radical (unpaired) electrons. The standard InChI is InChI=1S/C10H12N2O2/c1-14-10-4-2-3-8(5-10)12-9(6-11)7-13/h2-5,9,12-13H,7H2,1H3. The topological polar surface area (TPSA) is 65.3 Å². The molecule has 1 rings (SSSR count). The molecule has 1 aromatic carbocycles. The van der Waals surface area contributed by atoms with Crippen LogP contribution >= 0.6 is 0 Å². The predicted octanol–water partition coefficient (Wildman–Crippen LogP) is 0.992. The van der Waals surface area contributed by atoms with Crippen molar-refractivity contribution in [3.05, 3.63) is 24.3 Å². The van der Waals surface area contributed by atoms with Gasteiger partial charge in [-0.3, -0.25) is 0 Å². The molecular weight excluding hydrogens is 180 g/mol. The summed E-state index contributed by atoms with van der Waals surface area (Å²) in [6.07, 6.45) is 0. The van der Waals surface area contributed by atoms with Crippen molar-refractivity contribution in [1.82, 2.24) is 0 Å². The highest BCUT2D eigenvalue weighted by molar-refractivity contribution is 5.49. The molecule has 0 aliphatic carbocycles. The van der Waals surface area contributed by atoms with Gasteiger partial charge in [0.15, 0.2) is 0 Å². The van der Waals surface area contributed by atoms with Crippen LogP contribution in [0.4, 0.5) is 5.69 Å². The van der Waals surface area contributed by atoms with Gasteiger partial charge in [-0.1, -0.05) is 6.07 Å². The average molecular weight is 192 g/mol. The highest BCUT2D eigenvalue weighted by atomic mass is 16.5. The van der Waals surface area contributed by atoms with Crippen LogP contribution in [0.15, 0.2) is 24.3 Å². The largest absolute Gasteiger partial charge is 0.497 e. The molecule has 1 unspecified atom stereocenters. The van der Waals surface area contributed by atoms with Gasteiger partial charge in [0, 0.05) is 11.8 Å². The Morgan fingerprint density at radius 3 is 3.00 bits per heavy atom. The first-order valence-electron chi connectivity index (χ1n) is 4.21. The molecule has 14 heavy (non-hydrogen) atoms. The Morgan fingerprint density at radius 2 is 2.43 bits per heavy atom. The Labute approximate surface area is 82.7 Å². The third-order valence-electron chi connectivity index (χ3n) is 1.75. The van der Waals surface area contributed by atoms with E-state index in [4.69, 9.17) is 15.1 Å². The number of nitriles is 1. The third-order valence-corrected chi connectivity index (χ3v) is 1.75. The minimum absolute atomic E-state index is 0.215. The van der Waals surface area contributed by atoms with Crippen molar-refractivity contribution in [3.8, 4) is 11.8 Å². The first-order chi connectivity index (χ1) is 6.80. The lowest BCUT2D eigenvalue weighted by Gasteiger charge is -2.10. The van der Waals surface area contributed by atoms with E-state index in [9.17, 15) is 0 Å². The van der Waals surface area contributed by atoms with Crippen molar-refractivity contribution >= 4 is 5.69 Å². The van der Waals surface area contributed by atoms with E-state index in [0.717, 1.165) is 5.69 Å². The normalized spacial score (nSPS) is 11.5. The zero-order valence-electron chi connectivity index (χ0n) is 7.90. The Balaban J connectivity index is 2.71. The first kappa shape index (κ1) is 10.4. The maximum atomic E-state index is 8.80. The molecule has 0 heterocycles. The summed E-state index contributed by atoms with van der Waals surface area (Å²) in [5.74, 6) is 0.713. The van der Waals surface area contributed by atoms with Crippen LogP contribution in [-0.2, 0) is 0 Å². The molecule has 0 saturated carbocycles. The molecule has 74 valence electrons. The quantitative estimate of drug-likeness (QED) is 0.746. The van der Waals surface area contributed by atoms with Gasteiger partial charge in [0.05, 0.1) is 19.8 Å². The van der Waals surface area contributed by atoms with Crippen molar-refractivity contribution in [2.45, 2.75) is 6.04 Å². The monoisotopic (exact) mass is 192 g/mol. The number of benzene rings is 1. The van der Waals surface area contributed by atoms with Crippen LogP contribution in [-0.4, -0.2) is 24.9 Å². The van der Waals surface area contributed by atoms with Crippen LogP contribution in [0.3, 0.4) is 0 Å². The SMILES string of the molecule is COc1cccc(NC(C#N)CO)c1. The van der Waals surface area contributed by atoms with E-state index < -0.39 is 6.04 Å². The Kier molecular flexibility index (Phi) is 3.77. The highest BCUT2D eigenvalue weighted by Crippen LogP contribution is 2.17. The number of aliphatic hydroxyl groups excluding tert-OH is 1. The Hall–Kier alpha value is -1.73. The fourth-order valence-electron chi connectivity index (χ4n) is 1.03. The number of aliphatic hydroxyl groups is 1. The molecule has 0 spiro atoms. The summed E-state index contributed by atoms with van der Waals surface area (Å²) in [6, 6.07) is 8.55. The molecule has 2 N–H and O–H groups in total. The van der Waals surface area contributed by atoms with E-state index >= 15 is 0 Å². The summed E-state index contributed by atoms with van der Waals surface area (Å²) >= 11 is 0. The van der Waals surface area contributed by atoms with Gasteiger partial charge >= 0.3 is 0 Å². The summed E-state index contributed by atoms with van der Waals surface area (Å²) in [6.45, 7) is -0.215. The lowest BCUT2D eigenvalue weighted by atomic mass is 10.2. The number of nitrogens with zero attached hydrogens (tertiary/aromatic N) is 1. The van der Waals surface area contributed by atoms with Crippen LogP contribution in [0, 0.1) is 11.3 Å². The number of methoxy groups -OCH3 is 1. The molecule has 0 aromatic heterocycles. The van der Waals surface area contributed by atoms with Crippen molar-refractivity contribution in [2.24, 2.45) is 0 Å². The second-order valence-electron chi connectivity index (χ2n) is 2.74. The van der Waals surface area contributed by atoms with Crippen molar-refractivity contribution in [1.29, 1.82) is 5.26 Å². The van der Waals surface area contributed by atoms with Gasteiger partial charge in [-0.05, 0) is 12.1 Å². The van der Waals surface area contributed by atoms with Gasteiger partial charge in [-0.2, -0.15) is 5.26 Å². The lowest BCUT2D eigenvalue weighted by molar-refractivity contribution is 0.293. The Morgan fingerprint density at radius 1 is 1.64 bits per heavy atom. The van der Waals surface area contributed by atoms with E-state index in [0.29, 0.717) is 5.75 Å². The second-order valence-corrected chi connectivity index (χ2v) is 2.74. The van der Waals surface area contributed by atoms with Gasteiger partial charge in [0.1, 0.15) is 11.8 Å². The number of nitrogens with one attached hydrogen (secondary N) is 1. The fourth-order valence-corrected chi connectivity index (χ4v) is 1.03. The van der Waals surface area contributed by atoms with E-state index in [-0.39, 0.29) is 6.61 Å². The van der Waals surface area contributed by atoms with Gasteiger partial charge in [-0.25, -0.2) is 0 Å². The average Bonchev–Trinajstić information content (AvgIpc) is 2.26. The smallest absolute Gasteiger partial charge is 0.137 e. The number of hydrogen-bond acceptors (Lipinski definition) is 4. The van der Waals surface area contributed by atoms with Crippen molar-refractivity contribution in [3.63, 3.8) is 0 Å². The number of hydrogen-bond donors (Lipinski definition) is 2. The van der Waals surface area contributed by atoms with Gasteiger partial charge in [0.2, 0.25) is 0 Å². The van der Waals surface area contributed by atoms with Gasteiger partial charge in [0.25, 0.3) is 0 Å². The molecule has 4 nitrogen and oxygen atoms in total. The summed E-state index contributed by atoms with van der Waals surface area (Å²) in [7, 11) is 1.58. The fraction of sp³-hybridized carbons (Fsp3) is 0.300. The maximum absolute atomic E-state index is 8.80. The van der Waals surface area contributed by atoms with Crippen LogP contribution in [0.5, 0.6) is 5.75 Å². The van der Waals surface area contributed by atoms with E-state index in [1.807, 2.05) is 24.3 Å². The third kappa shape index (κ3) is 2.64. The molecule has 0 amide bonds. The molecule has 0 bridgehead atoms. The predicted molar refractivity (Wildman–Crippen MR) is 53.1 cm³/mol. The zero-order valence-corrected chi connectivity index (χ0v) is 7.90.